The second kappa shape index (κ2) is 6.44. The topological polar surface area (TPSA) is 29.3 Å². The van der Waals surface area contributed by atoms with Gasteiger partial charge in [0.2, 0.25) is 0 Å². The zero-order valence-corrected chi connectivity index (χ0v) is 13.3. The Kier molecular flexibility index (Phi) is 4.86. The van der Waals surface area contributed by atoms with Crippen LogP contribution in [-0.2, 0) is 6.54 Å². The monoisotopic (exact) mass is 324 g/mol. The van der Waals surface area contributed by atoms with Crippen LogP contribution in [0.2, 0.25) is 10.0 Å². The Morgan fingerprint density at radius 2 is 1.85 bits per heavy atom. The van der Waals surface area contributed by atoms with Gasteiger partial charge in [0, 0.05) is 34.9 Å². The molecule has 0 amide bonds. The number of hydrogen-bond donors (Lipinski definition) is 1. The van der Waals surface area contributed by atoms with Crippen LogP contribution in [0, 0.1) is 0 Å². The lowest BCUT2D eigenvalue weighted by Gasteiger charge is -2.22. The number of thiocarbonyl (C=S) groups is 1. The van der Waals surface area contributed by atoms with Crippen LogP contribution in [0.3, 0.4) is 0 Å². The smallest absolute Gasteiger partial charge is 0.106 e. The van der Waals surface area contributed by atoms with Crippen molar-refractivity contribution in [3.05, 3.63) is 63.6 Å². The van der Waals surface area contributed by atoms with Gasteiger partial charge in [0.15, 0.2) is 0 Å². The highest BCUT2D eigenvalue weighted by Gasteiger charge is 2.11. The minimum atomic E-state index is 0.356. The van der Waals surface area contributed by atoms with E-state index in [2.05, 4.69) is 0 Å². The molecule has 0 saturated heterocycles. The van der Waals surface area contributed by atoms with Crippen LogP contribution in [0.1, 0.15) is 11.1 Å². The van der Waals surface area contributed by atoms with Crippen molar-refractivity contribution in [1.29, 1.82) is 0 Å². The van der Waals surface area contributed by atoms with Crippen LogP contribution < -0.4 is 10.6 Å². The lowest BCUT2D eigenvalue weighted by Crippen LogP contribution is -2.21. The van der Waals surface area contributed by atoms with Crippen molar-refractivity contribution in [3.8, 4) is 0 Å². The third kappa shape index (κ3) is 3.63. The van der Waals surface area contributed by atoms with Crippen LogP contribution >= 0.6 is 35.4 Å². The summed E-state index contributed by atoms with van der Waals surface area (Å²) >= 11 is 17.1. The molecule has 2 N–H and O–H groups in total. The molecule has 0 fully saturated rings. The molecular formula is C15H14Cl2N2S. The Morgan fingerprint density at radius 1 is 1.15 bits per heavy atom. The van der Waals surface area contributed by atoms with Crippen LogP contribution in [-0.4, -0.2) is 12.0 Å². The van der Waals surface area contributed by atoms with E-state index < -0.39 is 0 Å². The number of nitrogens with two attached hydrogens (primary N) is 1. The fourth-order valence-corrected chi connectivity index (χ4v) is 2.58. The molecule has 0 spiro atoms. The molecule has 2 aromatic carbocycles. The van der Waals surface area contributed by atoms with Gasteiger partial charge in [0.25, 0.3) is 0 Å². The van der Waals surface area contributed by atoms with Crippen molar-refractivity contribution in [2.75, 3.05) is 11.9 Å². The maximum Gasteiger partial charge on any atom is 0.106 e. The maximum absolute atomic E-state index is 6.06. The minimum Gasteiger partial charge on any atom is -0.389 e. The first-order valence-electron chi connectivity index (χ1n) is 6.02. The number of hydrogen-bond acceptors (Lipinski definition) is 2. The Morgan fingerprint density at radius 3 is 2.50 bits per heavy atom. The highest BCUT2D eigenvalue weighted by Crippen LogP contribution is 2.25. The van der Waals surface area contributed by atoms with E-state index in [-0.39, 0.29) is 0 Å². The molecule has 0 heterocycles. The second-order valence-corrected chi connectivity index (χ2v) is 5.82. The predicted octanol–water partition coefficient (Wildman–Crippen LogP) is 4.26. The van der Waals surface area contributed by atoms with Crippen molar-refractivity contribution in [2.45, 2.75) is 6.54 Å². The average molecular weight is 325 g/mol. The van der Waals surface area contributed by atoms with E-state index >= 15 is 0 Å². The third-order valence-corrected chi connectivity index (χ3v) is 3.64. The van der Waals surface area contributed by atoms with Gasteiger partial charge in [0.1, 0.15) is 4.99 Å². The highest BCUT2D eigenvalue weighted by atomic mass is 35.5. The zero-order chi connectivity index (χ0) is 14.7. The zero-order valence-electron chi connectivity index (χ0n) is 10.9. The Labute approximate surface area is 134 Å². The molecule has 5 heteroatoms. The van der Waals surface area contributed by atoms with E-state index in [0.717, 1.165) is 21.8 Å². The van der Waals surface area contributed by atoms with E-state index in [9.17, 15) is 0 Å². The third-order valence-electron chi connectivity index (χ3n) is 2.95. The summed E-state index contributed by atoms with van der Waals surface area (Å²) in [6, 6.07) is 13.2. The highest BCUT2D eigenvalue weighted by molar-refractivity contribution is 7.80. The molecule has 2 nitrogen and oxygen atoms in total. The standard InChI is InChI=1S/C15H14Cl2N2S/c1-19(9-10-3-2-4-11(16)7-10)14-8-12(17)5-6-13(14)15(18)20/h2-8H,9H2,1H3,(H2,18,20). The second-order valence-electron chi connectivity index (χ2n) is 4.51. The van der Waals surface area contributed by atoms with Crippen molar-refractivity contribution in [2.24, 2.45) is 5.73 Å². The molecule has 2 aromatic rings. The summed E-state index contributed by atoms with van der Waals surface area (Å²) in [5.74, 6) is 0. The summed E-state index contributed by atoms with van der Waals surface area (Å²) in [6.45, 7) is 0.691. The van der Waals surface area contributed by atoms with Gasteiger partial charge in [-0.25, -0.2) is 0 Å². The van der Waals surface area contributed by atoms with E-state index in [1.807, 2.05) is 48.3 Å². The van der Waals surface area contributed by atoms with Crippen LogP contribution in [0.25, 0.3) is 0 Å². The van der Waals surface area contributed by atoms with Crippen molar-refractivity contribution >= 4 is 46.1 Å². The number of benzene rings is 2. The minimum absolute atomic E-state index is 0.356. The summed E-state index contributed by atoms with van der Waals surface area (Å²) in [5, 5.41) is 1.37. The fourth-order valence-electron chi connectivity index (χ4n) is 2.02. The molecule has 0 aromatic heterocycles. The SMILES string of the molecule is CN(Cc1cccc(Cl)c1)c1cc(Cl)ccc1C(N)=S. The van der Waals surface area contributed by atoms with Crippen molar-refractivity contribution in [3.63, 3.8) is 0 Å². The maximum atomic E-state index is 6.06. The number of anilines is 1. The van der Waals surface area contributed by atoms with Gasteiger partial charge in [-0.2, -0.15) is 0 Å². The summed E-state index contributed by atoms with van der Waals surface area (Å²) in [7, 11) is 1.97. The van der Waals surface area contributed by atoms with Crippen molar-refractivity contribution in [1.82, 2.24) is 0 Å². The number of nitrogens with zero attached hydrogens (tertiary/aromatic N) is 1. The summed E-state index contributed by atoms with van der Waals surface area (Å²) in [5.41, 5.74) is 8.59. The molecule has 0 aliphatic heterocycles. The van der Waals surface area contributed by atoms with E-state index in [1.54, 1.807) is 6.07 Å². The molecule has 0 saturated carbocycles. The van der Waals surface area contributed by atoms with E-state index in [1.165, 1.54) is 0 Å². The van der Waals surface area contributed by atoms with Gasteiger partial charge in [-0.3, -0.25) is 0 Å². The molecule has 2 rings (SSSR count). The van der Waals surface area contributed by atoms with Crippen LogP contribution in [0.15, 0.2) is 42.5 Å². The number of halogens is 2. The van der Waals surface area contributed by atoms with Gasteiger partial charge in [-0.1, -0.05) is 47.6 Å². The van der Waals surface area contributed by atoms with E-state index in [0.29, 0.717) is 16.6 Å². The first-order chi connectivity index (χ1) is 9.47. The molecule has 104 valence electrons. The van der Waals surface area contributed by atoms with Gasteiger partial charge in [0.05, 0.1) is 0 Å². The van der Waals surface area contributed by atoms with Crippen molar-refractivity contribution < 1.29 is 0 Å². The average Bonchev–Trinajstić information content (AvgIpc) is 2.38. The molecular weight excluding hydrogens is 311 g/mol. The molecule has 0 aliphatic carbocycles. The first-order valence-corrected chi connectivity index (χ1v) is 7.18. The molecule has 0 atom stereocenters. The summed E-state index contributed by atoms with van der Waals surface area (Å²) < 4.78 is 0. The lowest BCUT2D eigenvalue weighted by atomic mass is 10.1. The Hall–Kier alpha value is -1.29. The molecule has 0 bridgehead atoms. The Balaban J connectivity index is 2.31. The fraction of sp³-hybridized carbons (Fsp3) is 0.133. The first kappa shape index (κ1) is 15.1. The van der Waals surface area contributed by atoms with Crippen LogP contribution in [0.4, 0.5) is 5.69 Å². The molecule has 0 aliphatic rings. The molecule has 0 unspecified atom stereocenters. The largest absolute Gasteiger partial charge is 0.389 e. The molecule has 20 heavy (non-hydrogen) atoms. The summed E-state index contributed by atoms with van der Waals surface area (Å²) in [4.78, 5) is 2.40. The van der Waals surface area contributed by atoms with Gasteiger partial charge in [-0.15, -0.1) is 0 Å². The lowest BCUT2D eigenvalue weighted by molar-refractivity contribution is 0.922. The van der Waals surface area contributed by atoms with Gasteiger partial charge >= 0.3 is 0 Å². The van der Waals surface area contributed by atoms with Gasteiger partial charge < -0.3 is 10.6 Å². The normalized spacial score (nSPS) is 10.3. The van der Waals surface area contributed by atoms with Crippen LogP contribution in [0.5, 0.6) is 0 Å². The molecule has 0 radical (unpaired) electrons. The van der Waals surface area contributed by atoms with E-state index in [4.69, 9.17) is 41.2 Å². The predicted molar refractivity (Wildman–Crippen MR) is 90.9 cm³/mol. The number of rotatable bonds is 4. The summed E-state index contributed by atoms with van der Waals surface area (Å²) in [6.07, 6.45) is 0. The quantitative estimate of drug-likeness (QED) is 0.852. The Bertz CT molecular complexity index is 644. The van der Waals surface area contributed by atoms with Gasteiger partial charge in [-0.05, 0) is 35.9 Å².